The summed E-state index contributed by atoms with van der Waals surface area (Å²) in [4.78, 5) is 42.2. The third-order valence-electron chi connectivity index (χ3n) is 6.45. The average Bonchev–Trinajstić information content (AvgIpc) is 3.68. The van der Waals surface area contributed by atoms with Crippen LogP contribution in [0.15, 0.2) is 60.0 Å². The first-order valence-corrected chi connectivity index (χ1v) is 13.6. The molecule has 2 atom stereocenters. The van der Waals surface area contributed by atoms with Crippen LogP contribution < -0.4 is 25.0 Å². The first-order valence-electron chi connectivity index (χ1n) is 12.7. The Morgan fingerprint density at radius 1 is 1.05 bits per heavy atom. The minimum atomic E-state index is -1.06. The lowest BCUT2D eigenvalue weighted by molar-refractivity contribution is -0.126. The number of hydrogen-bond donors (Lipinski definition) is 2. The van der Waals surface area contributed by atoms with Crippen LogP contribution in [-0.4, -0.2) is 57.7 Å². The van der Waals surface area contributed by atoms with E-state index < -0.39 is 11.9 Å². The number of nitrogens with one attached hydrogen (secondary N) is 2. The number of thiophene rings is 1. The molecule has 2 heterocycles. The number of ether oxygens (including phenoxy) is 3. The Morgan fingerprint density at radius 2 is 1.87 bits per heavy atom. The molecule has 10 heteroatoms. The van der Waals surface area contributed by atoms with Crippen LogP contribution in [0.2, 0.25) is 0 Å². The van der Waals surface area contributed by atoms with Gasteiger partial charge in [0.1, 0.15) is 6.04 Å². The molecule has 0 unspecified atom stereocenters. The van der Waals surface area contributed by atoms with Gasteiger partial charge in [0, 0.05) is 18.8 Å². The van der Waals surface area contributed by atoms with Crippen LogP contribution in [0.25, 0.3) is 0 Å². The van der Waals surface area contributed by atoms with Crippen LogP contribution in [0.5, 0.6) is 11.5 Å². The molecule has 3 amide bonds. The number of aryl methyl sites for hydroxylation is 1. The van der Waals surface area contributed by atoms with E-state index in [1.54, 1.807) is 41.8 Å². The summed E-state index contributed by atoms with van der Waals surface area (Å²) in [6.07, 6.45) is 1.72. The van der Waals surface area contributed by atoms with Gasteiger partial charge in [-0.05, 0) is 66.6 Å². The first kappa shape index (κ1) is 28.1. The molecule has 0 aliphatic carbocycles. The van der Waals surface area contributed by atoms with E-state index in [9.17, 15) is 14.4 Å². The second-order valence-electron chi connectivity index (χ2n) is 9.16. The van der Waals surface area contributed by atoms with Crippen molar-refractivity contribution in [1.29, 1.82) is 0 Å². The van der Waals surface area contributed by atoms with Crippen molar-refractivity contribution in [1.82, 2.24) is 10.6 Å². The molecule has 9 nitrogen and oxygen atoms in total. The average molecular weight is 552 g/mol. The SMILES string of the molecule is COc1ccc([C@H](C(=O)NC[C@@H]2CCCO2)N(C(=O)CNC(=O)c2cccs2)c2cccc(C)c2)cc1OC. The fourth-order valence-corrected chi connectivity index (χ4v) is 5.15. The summed E-state index contributed by atoms with van der Waals surface area (Å²) in [5, 5.41) is 7.47. The third kappa shape index (κ3) is 6.96. The predicted molar refractivity (Wildman–Crippen MR) is 150 cm³/mol. The van der Waals surface area contributed by atoms with Crippen molar-refractivity contribution < 1.29 is 28.6 Å². The summed E-state index contributed by atoms with van der Waals surface area (Å²) in [6.45, 7) is 2.60. The Kier molecular flexibility index (Phi) is 9.56. The highest BCUT2D eigenvalue weighted by Crippen LogP contribution is 2.34. The monoisotopic (exact) mass is 551 g/mol. The quantitative estimate of drug-likeness (QED) is 0.375. The topological polar surface area (TPSA) is 106 Å². The number of hydrogen-bond acceptors (Lipinski definition) is 7. The number of carbonyl (C=O) groups is 3. The molecule has 3 aromatic rings. The van der Waals surface area contributed by atoms with Crippen LogP contribution in [0.1, 0.15) is 39.7 Å². The zero-order chi connectivity index (χ0) is 27.8. The molecule has 0 radical (unpaired) electrons. The molecule has 2 aromatic carbocycles. The number of methoxy groups -OCH3 is 2. The van der Waals surface area contributed by atoms with Gasteiger partial charge in [-0.25, -0.2) is 0 Å². The number of benzene rings is 2. The Labute approximate surface area is 232 Å². The van der Waals surface area contributed by atoms with E-state index in [2.05, 4.69) is 10.6 Å². The fourth-order valence-electron chi connectivity index (χ4n) is 4.51. The highest BCUT2D eigenvalue weighted by molar-refractivity contribution is 7.12. The molecule has 0 bridgehead atoms. The van der Waals surface area contributed by atoms with E-state index in [0.29, 0.717) is 40.8 Å². The lowest BCUT2D eigenvalue weighted by Crippen LogP contribution is -2.48. The number of rotatable bonds is 11. The van der Waals surface area contributed by atoms with Crippen LogP contribution in [0.4, 0.5) is 5.69 Å². The number of amides is 3. The second-order valence-corrected chi connectivity index (χ2v) is 10.1. The zero-order valence-electron chi connectivity index (χ0n) is 22.3. The molecule has 0 saturated carbocycles. The maximum atomic E-state index is 13.9. The Morgan fingerprint density at radius 3 is 2.54 bits per heavy atom. The molecule has 1 aliphatic heterocycles. The summed E-state index contributed by atoms with van der Waals surface area (Å²) in [5.41, 5.74) is 1.97. The predicted octanol–water partition coefficient (Wildman–Crippen LogP) is 3.87. The molecular weight excluding hydrogens is 518 g/mol. The van der Waals surface area contributed by atoms with Crippen LogP contribution >= 0.6 is 11.3 Å². The maximum Gasteiger partial charge on any atom is 0.261 e. The summed E-state index contributed by atoms with van der Waals surface area (Å²) < 4.78 is 16.6. The smallest absolute Gasteiger partial charge is 0.261 e. The van der Waals surface area contributed by atoms with Gasteiger partial charge < -0.3 is 24.8 Å². The maximum absolute atomic E-state index is 13.9. The van der Waals surface area contributed by atoms with Gasteiger partial charge in [-0.1, -0.05) is 24.3 Å². The number of nitrogens with zero attached hydrogens (tertiary/aromatic N) is 1. The molecule has 206 valence electrons. The zero-order valence-corrected chi connectivity index (χ0v) is 23.1. The molecular formula is C29H33N3O6S. The molecule has 1 saturated heterocycles. The van der Waals surface area contributed by atoms with Crippen LogP contribution in [0.3, 0.4) is 0 Å². The van der Waals surface area contributed by atoms with Crippen molar-refractivity contribution in [2.75, 3.05) is 38.8 Å². The Bertz CT molecular complexity index is 1290. The fraction of sp³-hybridized carbons (Fsp3) is 0.345. The van der Waals surface area contributed by atoms with Crippen molar-refractivity contribution in [2.24, 2.45) is 0 Å². The first-order chi connectivity index (χ1) is 18.9. The van der Waals surface area contributed by atoms with Gasteiger partial charge in [-0.15, -0.1) is 11.3 Å². The van der Waals surface area contributed by atoms with Crippen molar-refractivity contribution in [2.45, 2.75) is 31.9 Å². The van der Waals surface area contributed by atoms with Crippen LogP contribution in [-0.2, 0) is 14.3 Å². The lowest BCUT2D eigenvalue weighted by Gasteiger charge is -2.32. The summed E-state index contributed by atoms with van der Waals surface area (Å²) in [7, 11) is 3.04. The van der Waals surface area contributed by atoms with Crippen molar-refractivity contribution in [3.63, 3.8) is 0 Å². The van der Waals surface area contributed by atoms with Gasteiger partial charge in [-0.3, -0.25) is 19.3 Å². The van der Waals surface area contributed by atoms with E-state index in [4.69, 9.17) is 14.2 Å². The molecule has 1 fully saturated rings. The summed E-state index contributed by atoms with van der Waals surface area (Å²) >= 11 is 1.28. The van der Waals surface area contributed by atoms with E-state index >= 15 is 0 Å². The second kappa shape index (κ2) is 13.3. The molecule has 2 N–H and O–H groups in total. The van der Waals surface area contributed by atoms with Crippen molar-refractivity contribution >= 4 is 34.7 Å². The van der Waals surface area contributed by atoms with Gasteiger partial charge in [0.15, 0.2) is 11.5 Å². The number of anilines is 1. The van der Waals surface area contributed by atoms with Gasteiger partial charge in [0.05, 0.1) is 31.7 Å². The number of carbonyl (C=O) groups excluding carboxylic acids is 3. The highest BCUT2D eigenvalue weighted by Gasteiger charge is 2.34. The van der Waals surface area contributed by atoms with Gasteiger partial charge >= 0.3 is 0 Å². The largest absolute Gasteiger partial charge is 0.493 e. The Balaban J connectivity index is 1.71. The molecule has 1 aliphatic rings. The third-order valence-corrected chi connectivity index (χ3v) is 7.32. The summed E-state index contributed by atoms with van der Waals surface area (Å²) in [6, 6.07) is 14.9. The van der Waals surface area contributed by atoms with E-state index in [0.717, 1.165) is 18.4 Å². The molecule has 39 heavy (non-hydrogen) atoms. The Hall–Kier alpha value is -3.89. The minimum Gasteiger partial charge on any atom is -0.493 e. The van der Waals surface area contributed by atoms with Crippen molar-refractivity contribution in [3.05, 3.63) is 76.0 Å². The van der Waals surface area contributed by atoms with Crippen molar-refractivity contribution in [3.8, 4) is 11.5 Å². The highest BCUT2D eigenvalue weighted by atomic mass is 32.1. The van der Waals surface area contributed by atoms with Crippen LogP contribution in [0, 0.1) is 6.92 Å². The van der Waals surface area contributed by atoms with E-state index in [-0.39, 0.29) is 24.5 Å². The molecule has 0 spiro atoms. The molecule has 1 aromatic heterocycles. The van der Waals surface area contributed by atoms with E-state index in [1.807, 2.05) is 25.1 Å². The summed E-state index contributed by atoms with van der Waals surface area (Å²) in [5.74, 6) is -0.256. The molecule has 4 rings (SSSR count). The van der Waals surface area contributed by atoms with Gasteiger partial charge in [0.2, 0.25) is 11.8 Å². The van der Waals surface area contributed by atoms with Gasteiger partial charge in [0.25, 0.3) is 5.91 Å². The lowest BCUT2D eigenvalue weighted by atomic mass is 10.0. The minimum absolute atomic E-state index is 0.0757. The van der Waals surface area contributed by atoms with Gasteiger partial charge in [-0.2, -0.15) is 0 Å². The van der Waals surface area contributed by atoms with E-state index in [1.165, 1.54) is 30.5 Å². The normalized spacial score (nSPS) is 15.3. The standard InChI is InChI=1S/C29H33N3O6S/c1-19-7-4-8-21(15-19)32(26(33)18-31-28(34)25-10-6-14-39-25)27(29(35)30-17-22-9-5-13-38-22)20-11-12-23(36-2)24(16-20)37-3/h4,6-8,10-12,14-16,22,27H,5,9,13,17-18H2,1-3H3,(H,30,35)(H,31,34)/t22-,27+/m0/s1.